The van der Waals surface area contributed by atoms with E-state index in [1.807, 2.05) is 0 Å². The van der Waals surface area contributed by atoms with Gasteiger partial charge in [0.25, 0.3) is 0 Å². The maximum absolute atomic E-state index is 11.7. The summed E-state index contributed by atoms with van der Waals surface area (Å²) in [5.41, 5.74) is 0. The van der Waals surface area contributed by atoms with Crippen LogP contribution in [0, 0.1) is 31.1 Å². The fourth-order valence-electron chi connectivity index (χ4n) is 1.24. The van der Waals surface area contributed by atoms with Gasteiger partial charge in [-0.1, -0.05) is 20.8 Å². The van der Waals surface area contributed by atoms with Gasteiger partial charge in [0, 0.05) is 42.6 Å². The molecule has 0 spiro atoms. The molecule has 15 heavy (non-hydrogen) atoms. The first-order valence-corrected chi connectivity index (χ1v) is 7.93. The van der Waals surface area contributed by atoms with Gasteiger partial charge in [0.05, 0.1) is 0 Å². The number of sulfone groups is 2. The first-order chi connectivity index (χ1) is 6.18. The van der Waals surface area contributed by atoms with Crippen LogP contribution in [-0.4, -0.2) is 32.4 Å². The van der Waals surface area contributed by atoms with Gasteiger partial charge in [0.1, 0.15) is 0 Å². The molecule has 0 aromatic rings. The van der Waals surface area contributed by atoms with Crippen LogP contribution in [0.25, 0.3) is 0 Å². The third-order valence-electron chi connectivity index (χ3n) is 2.72. The quantitative estimate of drug-likeness (QED) is 0.589. The summed E-state index contributed by atoms with van der Waals surface area (Å²) in [6, 6.07) is 0. The Morgan fingerprint density at radius 3 is 1.27 bits per heavy atom. The molecule has 0 bridgehead atoms. The summed E-state index contributed by atoms with van der Waals surface area (Å²) in [6.07, 6.45) is 0.0966. The summed E-state index contributed by atoms with van der Waals surface area (Å²) >= 11 is 0. The van der Waals surface area contributed by atoms with Gasteiger partial charge in [-0.25, -0.2) is 16.8 Å². The molecule has 0 fully saturated rings. The van der Waals surface area contributed by atoms with Crippen molar-refractivity contribution in [1.29, 1.82) is 0 Å². The molecule has 0 N–H and O–H groups in total. The molecule has 0 radical (unpaired) electrons. The molecule has 90 valence electrons. The van der Waals surface area contributed by atoms with E-state index >= 15 is 0 Å². The number of hydrogen-bond donors (Lipinski definition) is 0. The van der Waals surface area contributed by atoms with Gasteiger partial charge in [-0.15, -0.1) is 0 Å². The van der Waals surface area contributed by atoms with E-state index in [0.717, 1.165) is 0 Å². The number of hydrogen-bond acceptors (Lipinski definition) is 4. The normalized spacial score (nSPS) is 13.3. The van der Waals surface area contributed by atoms with Gasteiger partial charge in [-0.2, -0.15) is 0 Å². The fraction of sp³-hybridized carbons (Fsp3) is 1.00. The van der Waals surface area contributed by atoms with Crippen LogP contribution in [0.1, 0.15) is 34.1 Å². The summed E-state index contributed by atoms with van der Waals surface area (Å²) in [4.78, 5) is 0. The molecule has 0 unspecified atom stereocenters. The third-order valence-corrected chi connectivity index (χ3v) is 8.97. The van der Waals surface area contributed by atoms with Crippen molar-refractivity contribution in [3.8, 4) is 0 Å². The minimum atomic E-state index is -3.57. The van der Waals surface area contributed by atoms with Crippen molar-refractivity contribution in [2.24, 2.45) is 0 Å². The summed E-state index contributed by atoms with van der Waals surface area (Å²) < 4.78 is 45.1. The van der Waals surface area contributed by atoms with Crippen molar-refractivity contribution < 1.29 is 47.9 Å². The molecule has 0 heterocycles. The third kappa shape index (κ3) is 3.21. The molecule has 0 aromatic carbocycles. The SMILES string of the molecule is CCC(C)(S(=O)(=O)CC)S(=O)(=O)CC.[U]. The second-order valence-electron chi connectivity index (χ2n) is 3.29. The van der Waals surface area contributed by atoms with Gasteiger partial charge >= 0.3 is 0 Å². The molecule has 0 aromatic heterocycles. The summed E-state index contributed by atoms with van der Waals surface area (Å²) in [5.74, 6) is -0.285. The smallest absolute Gasteiger partial charge is 0.170 e. The van der Waals surface area contributed by atoms with Crippen LogP contribution >= 0.6 is 0 Å². The van der Waals surface area contributed by atoms with Crippen molar-refractivity contribution in [2.75, 3.05) is 11.5 Å². The van der Waals surface area contributed by atoms with Crippen molar-refractivity contribution in [1.82, 2.24) is 0 Å². The maximum Gasteiger partial charge on any atom is 0.170 e. The zero-order chi connectivity index (χ0) is 11.6. The summed E-state index contributed by atoms with van der Waals surface area (Å²) in [7, 11) is -7.14. The van der Waals surface area contributed by atoms with E-state index in [1.54, 1.807) is 6.92 Å². The molecular formula is C8H18O4S2U. The van der Waals surface area contributed by atoms with Crippen LogP contribution in [0.2, 0.25) is 0 Å². The van der Waals surface area contributed by atoms with E-state index in [-0.39, 0.29) is 49.0 Å². The van der Waals surface area contributed by atoms with Gasteiger partial charge in [-0.3, -0.25) is 0 Å². The van der Waals surface area contributed by atoms with E-state index in [9.17, 15) is 16.8 Å². The van der Waals surface area contributed by atoms with Crippen molar-refractivity contribution >= 4 is 19.7 Å². The first-order valence-electron chi connectivity index (χ1n) is 4.63. The Balaban J connectivity index is 0. The van der Waals surface area contributed by atoms with Crippen molar-refractivity contribution in [3.63, 3.8) is 0 Å². The van der Waals surface area contributed by atoms with Crippen LogP contribution < -0.4 is 0 Å². The maximum atomic E-state index is 11.7. The zero-order valence-electron chi connectivity index (χ0n) is 9.57. The summed E-state index contributed by atoms with van der Waals surface area (Å²) in [6.45, 7) is 5.81. The largest absolute Gasteiger partial charge is 0.227 e. The Hall–Kier alpha value is 0.952. The molecule has 0 rings (SSSR count). The number of rotatable bonds is 5. The molecule has 0 saturated carbocycles. The van der Waals surface area contributed by atoms with E-state index in [4.69, 9.17) is 0 Å². The van der Waals surface area contributed by atoms with Crippen LogP contribution in [0.3, 0.4) is 0 Å². The fourth-order valence-corrected chi connectivity index (χ4v) is 5.60. The predicted molar refractivity (Wildman–Crippen MR) is 57.6 cm³/mol. The average Bonchev–Trinajstić information content (AvgIpc) is 2.15. The zero-order valence-corrected chi connectivity index (χ0v) is 15.4. The van der Waals surface area contributed by atoms with E-state index in [1.165, 1.54) is 20.8 Å². The molecule has 0 aliphatic heterocycles. The van der Waals surface area contributed by atoms with E-state index < -0.39 is 23.8 Å². The average molecular weight is 480 g/mol. The topological polar surface area (TPSA) is 68.3 Å². The van der Waals surface area contributed by atoms with Crippen LogP contribution in [-0.2, 0) is 19.7 Å². The molecule has 7 heteroatoms. The van der Waals surface area contributed by atoms with Crippen LogP contribution in [0.15, 0.2) is 0 Å². The molecular weight excluding hydrogens is 462 g/mol. The molecule has 0 aliphatic rings. The Kier molecular flexibility index (Phi) is 7.38. The molecule has 0 aliphatic carbocycles. The van der Waals surface area contributed by atoms with Crippen LogP contribution in [0.4, 0.5) is 0 Å². The Bertz CT molecular complexity index is 349. The predicted octanol–water partition coefficient (Wildman–Crippen LogP) is 0.982. The standard InChI is InChI=1S/C8H18O4S2.U/c1-5-8(4,13(9,10)6-2)14(11,12)7-3;/h5-7H2,1-4H3;. The minimum absolute atomic E-state index is 0. The molecule has 0 saturated heterocycles. The van der Waals surface area contributed by atoms with Crippen molar-refractivity contribution in [2.45, 2.75) is 38.2 Å². The van der Waals surface area contributed by atoms with Gasteiger partial charge in [0.2, 0.25) is 0 Å². The molecule has 0 amide bonds. The Morgan fingerprint density at radius 2 is 1.13 bits per heavy atom. The van der Waals surface area contributed by atoms with E-state index in [0.29, 0.717) is 0 Å². The van der Waals surface area contributed by atoms with E-state index in [2.05, 4.69) is 0 Å². The summed E-state index contributed by atoms with van der Waals surface area (Å²) in [5, 5.41) is 0. The van der Waals surface area contributed by atoms with Crippen molar-refractivity contribution in [3.05, 3.63) is 0 Å². The van der Waals surface area contributed by atoms with Gasteiger partial charge in [-0.05, 0) is 13.3 Å². The second kappa shape index (κ2) is 6.04. The minimum Gasteiger partial charge on any atom is -0.227 e. The second-order valence-corrected chi connectivity index (χ2v) is 8.97. The Morgan fingerprint density at radius 1 is 0.867 bits per heavy atom. The van der Waals surface area contributed by atoms with Gasteiger partial charge < -0.3 is 0 Å². The molecule has 4 nitrogen and oxygen atoms in total. The van der Waals surface area contributed by atoms with Crippen LogP contribution in [0.5, 0.6) is 0 Å². The van der Waals surface area contributed by atoms with Gasteiger partial charge in [0.15, 0.2) is 23.8 Å². The first kappa shape index (κ1) is 18.3. The monoisotopic (exact) mass is 480 g/mol. The Labute approximate surface area is 116 Å². The molecule has 0 atom stereocenters.